The first-order valence-electron chi connectivity index (χ1n) is 57.1. The molecule has 800 valence electrons. The monoisotopic (exact) mass is 1940 g/mol. The van der Waals surface area contributed by atoms with Gasteiger partial charge in [-0.2, -0.15) is 5.26 Å². The standard InChI is InChI=1S/C14H27NO2.C12H22N2.C12H25NO2S.C12H23NO2.C12H21NO.C10H21N.2C10H18.C9H16F2.C9H18.C8H17N/c1-13(2,3)11-7-9-15(10-8-11)12(16)17-14(4,5)6;1-10(2)12-5-8-14(9-6-12)11(3)4-7-13;1-5-10-16(14,15)13-8-6-11(7-9-13)12(2,3)4;1-12(2,3)10-5-7-13(8-6-10)11(14)9-15-4;1-12(2,3)9-5-4-8-6-11(14)13-10(8)7-9;1-10(2,3)9-6-4-5-7-11-8-9;2*1-7(2)10-6-8-3-4-9(10)5-8;1-7(2)8-3-5-9(10,11)6-4-8;1-8(2)9-6-4-3-5-7-9;1-7(2)8-4-3-5-9-6-8/h11H,7-10H2,1-6H3;10-12H,4-6,8-9H2,1-3H3;11H,5-10H2,1-4H3;10H,5-9H2,1-4H3;8-10H,4-7H2,1-3H3,(H,13,14);9,11H,4-8H2,1-3H3;2*7-10H,3-6H2,1-2H3;7-8H,3-6H2,1-2H3;8-9H,3-7H2,1-2H3;7-9H,3-6H2,1-2H3/t;;;;;;2*8-,9+,10-;;;8-/m......10..0/s1. The molecular weight excluding hydrogens is 1710 g/mol. The molecule has 7 saturated heterocycles. The van der Waals surface area contributed by atoms with Crippen LogP contribution >= 0.6 is 0 Å². The largest absolute Gasteiger partial charge is 0.444 e. The molecule has 136 heavy (non-hydrogen) atoms. The fourth-order valence-electron chi connectivity index (χ4n) is 25.0. The van der Waals surface area contributed by atoms with Crippen molar-refractivity contribution in [2.24, 2.45) is 157 Å². The molecule has 14 rings (SSSR count). The smallest absolute Gasteiger partial charge is 0.410 e. The summed E-state index contributed by atoms with van der Waals surface area (Å²) in [6.45, 7) is 84.4. The van der Waals surface area contributed by atoms with Gasteiger partial charge in [-0.25, -0.2) is 26.3 Å². The molecule has 5 unspecified atom stereocenters. The van der Waals surface area contributed by atoms with Gasteiger partial charge >= 0.3 is 6.09 Å². The van der Waals surface area contributed by atoms with E-state index in [0.717, 1.165) is 172 Å². The first kappa shape index (κ1) is 126. The summed E-state index contributed by atoms with van der Waals surface area (Å²) in [6.07, 6.45) is 43.4. The number of ether oxygens (including phenoxy) is 2. The van der Waals surface area contributed by atoms with Crippen molar-refractivity contribution in [1.82, 2.24) is 35.0 Å². The number of rotatable bonds is 13. The van der Waals surface area contributed by atoms with Crippen LogP contribution in [0.5, 0.6) is 0 Å². The van der Waals surface area contributed by atoms with Crippen molar-refractivity contribution in [3.63, 3.8) is 0 Å². The molecule has 0 aromatic rings. The Hall–Kier alpha value is -2.69. The second-order valence-electron chi connectivity index (χ2n) is 54.1. The first-order valence-corrected chi connectivity index (χ1v) is 58.7. The van der Waals surface area contributed by atoms with Crippen molar-refractivity contribution >= 4 is 27.9 Å². The average Bonchev–Trinajstić information content (AvgIpc) is 1.53. The molecule has 0 spiro atoms. The summed E-state index contributed by atoms with van der Waals surface area (Å²) in [5.41, 5.74) is 1.53. The lowest BCUT2D eigenvalue weighted by Crippen LogP contribution is -2.43. The number of fused-ring (bicyclic) bond motifs is 5. The molecule has 7 heterocycles. The van der Waals surface area contributed by atoms with Gasteiger partial charge in [-0.05, 0) is 378 Å². The number of alkyl halides is 2. The summed E-state index contributed by atoms with van der Waals surface area (Å²) < 4.78 is 60.9. The van der Waals surface area contributed by atoms with Crippen LogP contribution in [0.4, 0.5) is 13.6 Å². The maximum absolute atomic E-state index is 12.6. The van der Waals surface area contributed by atoms with Crippen LogP contribution in [0.25, 0.3) is 0 Å². The van der Waals surface area contributed by atoms with E-state index in [0.29, 0.717) is 113 Å². The maximum atomic E-state index is 12.6. The van der Waals surface area contributed by atoms with Gasteiger partial charge in [-0.15, -0.1) is 0 Å². The predicted molar refractivity (Wildman–Crippen MR) is 575 cm³/mol. The van der Waals surface area contributed by atoms with Gasteiger partial charge in [0.15, 0.2) is 0 Å². The van der Waals surface area contributed by atoms with E-state index in [9.17, 15) is 31.6 Å². The summed E-state index contributed by atoms with van der Waals surface area (Å²) in [4.78, 5) is 40.9. The van der Waals surface area contributed by atoms with E-state index in [1.54, 1.807) is 62.8 Å². The molecule has 14 aliphatic rings. The highest BCUT2D eigenvalue weighted by Crippen LogP contribution is 2.53. The number of methoxy groups -OCH3 is 1. The van der Waals surface area contributed by atoms with E-state index in [2.05, 4.69) is 221 Å². The first-order chi connectivity index (χ1) is 63.2. The molecule has 4 bridgehead atoms. The minimum absolute atomic E-state index is 0.107. The van der Waals surface area contributed by atoms with Crippen LogP contribution in [0.15, 0.2) is 0 Å². The minimum atomic E-state index is -2.97. The summed E-state index contributed by atoms with van der Waals surface area (Å²) >= 11 is 0. The Labute approximate surface area is 841 Å². The lowest BCUT2D eigenvalue weighted by molar-refractivity contribution is -0.137. The molecule has 7 aliphatic heterocycles. The maximum Gasteiger partial charge on any atom is 0.410 e. The van der Waals surface area contributed by atoms with Crippen LogP contribution in [-0.4, -0.2) is 167 Å². The highest BCUT2D eigenvalue weighted by molar-refractivity contribution is 7.89. The van der Waals surface area contributed by atoms with Gasteiger partial charge in [0, 0.05) is 77.7 Å². The zero-order valence-corrected chi connectivity index (χ0v) is 96.3. The molecule has 0 aromatic heterocycles. The van der Waals surface area contributed by atoms with Crippen LogP contribution in [0.3, 0.4) is 0 Å². The molecule has 3 N–H and O–H groups in total. The van der Waals surface area contributed by atoms with Crippen LogP contribution < -0.4 is 16.0 Å². The van der Waals surface area contributed by atoms with Gasteiger partial charge < -0.3 is 35.2 Å². The third kappa shape index (κ3) is 47.7. The quantitative estimate of drug-likeness (QED) is 0.160. The lowest BCUT2D eigenvalue weighted by atomic mass is 9.68. The molecule has 15 nitrogen and oxygen atoms in total. The van der Waals surface area contributed by atoms with Crippen LogP contribution in [0.1, 0.15) is 453 Å². The number of amides is 3. The van der Waals surface area contributed by atoms with Crippen molar-refractivity contribution in [3.05, 3.63) is 0 Å². The third-order valence-corrected chi connectivity index (χ3v) is 37.5. The van der Waals surface area contributed by atoms with Gasteiger partial charge in [-0.1, -0.05) is 245 Å². The number of nitrogens with one attached hydrogen (secondary N) is 3. The molecule has 18 heteroatoms. The van der Waals surface area contributed by atoms with Crippen LogP contribution in [0.2, 0.25) is 0 Å². The number of carbonyl (C=O) groups is 3. The summed E-state index contributed by atoms with van der Waals surface area (Å²) in [5, 5.41) is 18.7. The van der Waals surface area contributed by atoms with E-state index in [-0.39, 0.29) is 37.4 Å². The van der Waals surface area contributed by atoms with Crippen LogP contribution in [-0.2, 0) is 29.1 Å². The number of carbonyl (C=O) groups excluding carboxylic acids is 3. The molecule has 12 atom stereocenters. The third-order valence-electron chi connectivity index (χ3n) is 35.4. The highest BCUT2D eigenvalue weighted by Gasteiger charge is 2.45. The molecule has 3 amide bonds. The van der Waals surface area contributed by atoms with E-state index < -0.39 is 21.5 Å². The number of halogens is 2. The Morgan fingerprint density at radius 2 is 0.860 bits per heavy atom. The van der Waals surface area contributed by atoms with Crippen molar-refractivity contribution < 1.29 is 41.1 Å². The van der Waals surface area contributed by atoms with Gasteiger partial charge in [0.1, 0.15) is 12.2 Å². The van der Waals surface area contributed by atoms with Gasteiger partial charge in [-0.3, -0.25) is 14.5 Å². The topological polar surface area (TPSA) is 177 Å². The predicted octanol–water partition coefficient (Wildman–Crippen LogP) is 30.0. The van der Waals surface area contributed by atoms with E-state index in [4.69, 9.17) is 14.7 Å². The Kier molecular flexibility index (Phi) is 55.8. The number of hydrogen-bond donors (Lipinski definition) is 3. The Morgan fingerprint density at radius 1 is 0.449 bits per heavy atom. The van der Waals surface area contributed by atoms with Crippen molar-refractivity contribution in [3.8, 4) is 6.07 Å². The van der Waals surface area contributed by atoms with Gasteiger partial charge in [0.25, 0.3) is 0 Å². The summed E-state index contributed by atoms with van der Waals surface area (Å²) in [6, 6.07) is 3.20. The molecular formula is C118H226F2N8O7S. The lowest BCUT2D eigenvalue weighted by Gasteiger charge is -2.39. The Bertz CT molecular complexity index is 3290. The van der Waals surface area contributed by atoms with Gasteiger partial charge in [0.05, 0.1) is 18.2 Å². The zero-order valence-electron chi connectivity index (χ0n) is 95.5. The van der Waals surface area contributed by atoms with E-state index in [1.807, 2.05) is 37.5 Å². The zero-order chi connectivity index (χ0) is 102. The van der Waals surface area contributed by atoms with Gasteiger partial charge in [0.2, 0.25) is 27.8 Å². The van der Waals surface area contributed by atoms with Crippen molar-refractivity contribution in [2.45, 2.75) is 476 Å². The summed E-state index contributed by atoms with van der Waals surface area (Å²) in [7, 11) is -1.40. The fraction of sp³-hybridized carbons (Fsp3) is 0.966. The van der Waals surface area contributed by atoms with E-state index in [1.165, 1.54) is 136 Å². The number of hydrogen-bond acceptors (Lipinski definition) is 11. The second-order valence-corrected chi connectivity index (χ2v) is 56.2. The van der Waals surface area contributed by atoms with E-state index >= 15 is 0 Å². The molecule has 0 radical (unpaired) electrons. The average molecular weight is 1940 g/mol. The number of nitrogens with zero attached hydrogens (tertiary/aromatic N) is 5. The number of nitriles is 1. The molecule has 7 saturated carbocycles. The fourth-order valence-corrected chi connectivity index (χ4v) is 26.6. The van der Waals surface area contributed by atoms with Crippen molar-refractivity contribution in [1.29, 1.82) is 5.26 Å². The molecule has 14 fully saturated rings. The molecule has 7 aliphatic carbocycles. The Morgan fingerprint density at radius 3 is 1.23 bits per heavy atom. The Balaban J connectivity index is 0.000000314. The number of likely N-dealkylation sites (tertiary alicyclic amines) is 3. The van der Waals surface area contributed by atoms with Crippen molar-refractivity contribution in [2.75, 3.05) is 98.0 Å². The minimum Gasteiger partial charge on any atom is -0.444 e. The SMILES string of the molecule is CC(C)(C)C1CCC2CC(=O)NC2C1.CC(C)(C)C1CCCCNC1.CC(C)(C)OC(=O)N1CCC(C(C)(C)C)CC1.CC(C)C1CCC(F)(F)CC1.CC(C)C1CCCCC1.CC(C)C1CCN(C(C)CC#N)CC1.CC(C)[C@@H]1C[C@H]2CC[C@@H]1C2.CC(C)[C@H]1CCCNC1.CC(C)[C@H]1C[C@@H]2CC[C@H]1C2.CCCS(=O)(=O)N1CCC(C(C)(C)C)CC1.COCC(=O)N1CCC(C(C)(C)C)CC1. The highest BCUT2D eigenvalue weighted by atomic mass is 32.2. The summed E-state index contributed by atoms with van der Waals surface area (Å²) in [5.74, 6) is 18.0. The second kappa shape index (κ2) is 60.4. The number of piperidine rings is 5. The molecule has 0 aromatic carbocycles. The number of sulfonamides is 1. The van der Waals surface area contributed by atoms with Crippen LogP contribution in [0, 0.1) is 169 Å². The normalized spacial score (nSPS) is 27.7.